The molecular formula is C15H14BrNO. The molecule has 2 nitrogen and oxygen atoms in total. The first-order valence-electron chi connectivity index (χ1n) is 6.02. The van der Waals surface area contributed by atoms with Gasteiger partial charge in [0, 0.05) is 4.47 Å². The molecule has 0 aromatic heterocycles. The maximum Gasteiger partial charge on any atom is 0.142 e. The van der Waals surface area contributed by atoms with E-state index in [4.69, 9.17) is 4.74 Å². The van der Waals surface area contributed by atoms with Crippen molar-refractivity contribution in [2.75, 3.05) is 11.9 Å². The normalized spacial score (nSPS) is 17.6. The van der Waals surface area contributed by atoms with Gasteiger partial charge in [-0.1, -0.05) is 40.2 Å². The minimum absolute atomic E-state index is 0.354. The monoisotopic (exact) mass is 303 g/mol. The van der Waals surface area contributed by atoms with Crippen LogP contribution in [0.2, 0.25) is 0 Å². The second-order valence-corrected chi connectivity index (χ2v) is 5.40. The zero-order chi connectivity index (χ0) is 12.5. The van der Waals surface area contributed by atoms with Crippen LogP contribution in [0.25, 0.3) is 11.1 Å². The number of rotatable bonds is 1. The molecule has 1 aliphatic rings. The lowest BCUT2D eigenvalue weighted by Gasteiger charge is -2.25. The van der Waals surface area contributed by atoms with Crippen LogP contribution in [0.4, 0.5) is 5.69 Å². The molecule has 0 amide bonds. The Labute approximate surface area is 115 Å². The quantitative estimate of drug-likeness (QED) is 0.847. The van der Waals surface area contributed by atoms with Crippen LogP contribution in [0.3, 0.4) is 0 Å². The van der Waals surface area contributed by atoms with Crippen LogP contribution in [-0.2, 0) is 0 Å². The largest absolute Gasteiger partial charge is 0.489 e. The third-order valence-electron chi connectivity index (χ3n) is 3.06. The molecule has 0 spiro atoms. The second kappa shape index (κ2) is 4.65. The van der Waals surface area contributed by atoms with Crippen molar-refractivity contribution in [3.63, 3.8) is 0 Å². The Balaban J connectivity index is 2.05. The highest BCUT2D eigenvalue weighted by Gasteiger charge is 2.15. The maximum absolute atomic E-state index is 5.68. The minimum atomic E-state index is 0.354. The van der Waals surface area contributed by atoms with E-state index in [1.807, 2.05) is 18.2 Å². The standard InChI is InChI=1S/C15H14BrNO/c1-10-9-18-15-7-6-11(8-14(15)17-10)12-4-2-3-5-13(12)16/h2-8,10,17H,9H2,1H3. The van der Waals surface area contributed by atoms with Crippen molar-refractivity contribution < 1.29 is 4.74 Å². The molecular weight excluding hydrogens is 290 g/mol. The van der Waals surface area contributed by atoms with Gasteiger partial charge in [-0.25, -0.2) is 0 Å². The fourth-order valence-electron chi connectivity index (χ4n) is 2.15. The molecule has 2 aromatic carbocycles. The van der Waals surface area contributed by atoms with Crippen LogP contribution in [-0.4, -0.2) is 12.6 Å². The van der Waals surface area contributed by atoms with E-state index in [1.54, 1.807) is 0 Å². The lowest BCUT2D eigenvalue weighted by Crippen LogP contribution is -2.28. The zero-order valence-electron chi connectivity index (χ0n) is 10.1. The third kappa shape index (κ3) is 2.10. The van der Waals surface area contributed by atoms with Gasteiger partial charge in [0.05, 0.1) is 11.7 Å². The van der Waals surface area contributed by atoms with E-state index in [0.717, 1.165) is 22.5 Å². The SMILES string of the molecule is CC1COc2ccc(-c3ccccc3Br)cc2N1. The molecule has 0 bridgehead atoms. The highest BCUT2D eigenvalue weighted by molar-refractivity contribution is 9.10. The van der Waals surface area contributed by atoms with Crippen LogP contribution < -0.4 is 10.1 Å². The fraction of sp³-hybridized carbons (Fsp3) is 0.200. The summed E-state index contributed by atoms with van der Waals surface area (Å²) in [6.07, 6.45) is 0. The summed E-state index contributed by atoms with van der Waals surface area (Å²) in [5.74, 6) is 0.934. The molecule has 0 fully saturated rings. The number of anilines is 1. The number of ether oxygens (including phenoxy) is 1. The highest BCUT2D eigenvalue weighted by Crippen LogP contribution is 2.35. The number of halogens is 1. The van der Waals surface area contributed by atoms with Crippen LogP contribution >= 0.6 is 15.9 Å². The van der Waals surface area contributed by atoms with E-state index < -0.39 is 0 Å². The van der Waals surface area contributed by atoms with Crippen molar-refractivity contribution in [1.29, 1.82) is 0 Å². The van der Waals surface area contributed by atoms with Gasteiger partial charge in [-0.15, -0.1) is 0 Å². The van der Waals surface area contributed by atoms with Crippen molar-refractivity contribution in [2.24, 2.45) is 0 Å². The molecule has 1 unspecified atom stereocenters. The minimum Gasteiger partial charge on any atom is -0.489 e. The van der Waals surface area contributed by atoms with Gasteiger partial charge in [-0.2, -0.15) is 0 Å². The average Bonchev–Trinajstić information content (AvgIpc) is 2.38. The van der Waals surface area contributed by atoms with E-state index in [1.165, 1.54) is 11.1 Å². The van der Waals surface area contributed by atoms with E-state index >= 15 is 0 Å². The summed E-state index contributed by atoms with van der Waals surface area (Å²) in [7, 11) is 0. The summed E-state index contributed by atoms with van der Waals surface area (Å²) in [6, 6.07) is 14.9. The summed E-state index contributed by atoms with van der Waals surface area (Å²) >= 11 is 3.59. The van der Waals surface area contributed by atoms with E-state index in [2.05, 4.69) is 52.4 Å². The Morgan fingerprint density at radius 3 is 2.89 bits per heavy atom. The number of hydrogen-bond donors (Lipinski definition) is 1. The second-order valence-electron chi connectivity index (χ2n) is 4.55. The van der Waals surface area contributed by atoms with Gasteiger partial charge in [0.2, 0.25) is 0 Å². The van der Waals surface area contributed by atoms with Crippen LogP contribution in [0.5, 0.6) is 5.75 Å². The lowest BCUT2D eigenvalue weighted by atomic mass is 10.0. The van der Waals surface area contributed by atoms with Gasteiger partial charge in [-0.05, 0) is 36.2 Å². The lowest BCUT2D eigenvalue weighted by molar-refractivity contribution is 0.292. The van der Waals surface area contributed by atoms with Crippen LogP contribution in [0, 0.1) is 0 Å². The highest BCUT2D eigenvalue weighted by atomic mass is 79.9. The number of hydrogen-bond acceptors (Lipinski definition) is 2. The summed E-state index contributed by atoms with van der Waals surface area (Å²) in [6.45, 7) is 2.84. The number of fused-ring (bicyclic) bond motifs is 1. The Bertz CT molecular complexity index is 582. The summed E-state index contributed by atoms with van der Waals surface area (Å²) < 4.78 is 6.79. The van der Waals surface area contributed by atoms with Gasteiger partial charge in [0.15, 0.2) is 0 Å². The molecule has 1 N–H and O–H groups in total. The smallest absolute Gasteiger partial charge is 0.142 e. The molecule has 1 heterocycles. The molecule has 0 saturated carbocycles. The Kier molecular flexibility index (Phi) is 3.00. The molecule has 1 atom stereocenters. The van der Waals surface area contributed by atoms with E-state index in [0.29, 0.717) is 6.04 Å². The van der Waals surface area contributed by atoms with Crippen LogP contribution in [0.15, 0.2) is 46.9 Å². The molecule has 0 aliphatic carbocycles. The number of benzene rings is 2. The van der Waals surface area contributed by atoms with Crippen molar-refractivity contribution in [1.82, 2.24) is 0 Å². The van der Waals surface area contributed by atoms with Gasteiger partial charge < -0.3 is 10.1 Å². The Morgan fingerprint density at radius 1 is 1.22 bits per heavy atom. The summed E-state index contributed by atoms with van der Waals surface area (Å²) in [5, 5.41) is 3.45. The summed E-state index contributed by atoms with van der Waals surface area (Å²) in [5.41, 5.74) is 3.45. The van der Waals surface area contributed by atoms with Crippen molar-refractivity contribution in [2.45, 2.75) is 13.0 Å². The zero-order valence-corrected chi connectivity index (χ0v) is 11.7. The molecule has 3 rings (SSSR count). The van der Waals surface area contributed by atoms with Gasteiger partial charge in [-0.3, -0.25) is 0 Å². The average molecular weight is 304 g/mol. The molecule has 92 valence electrons. The van der Waals surface area contributed by atoms with Crippen molar-refractivity contribution >= 4 is 21.6 Å². The van der Waals surface area contributed by atoms with Crippen LogP contribution in [0.1, 0.15) is 6.92 Å². The molecule has 1 aliphatic heterocycles. The molecule has 0 saturated heterocycles. The Morgan fingerprint density at radius 2 is 2.06 bits per heavy atom. The van der Waals surface area contributed by atoms with E-state index in [9.17, 15) is 0 Å². The predicted molar refractivity (Wildman–Crippen MR) is 78.2 cm³/mol. The summed E-state index contributed by atoms with van der Waals surface area (Å²) in [4.78, 5) is 0. The molecule has 3 heteroatoms. The molecule has 18 heavy (non-hydrogen) atoms. The number of nitrogens with one attached hydrogen (secondary N) is 1. The third-order valence-corrected chi connectivity index (χ3v) is 3.75. The van der Waals surface area contributed by atoms with Crippen molar-refractivity contribution in [3.05, 3.63) is 46.9 Å². The van der Waals surface area contributed by atoms with Gasteiger partial charge in [0.1, 0.15) is 12.4 Å². The van der Waals surface area contributed by atoms with Gasteiger partial charge >= 0.3 is 0 Å². The predicted octanol–water partition coefficient (Wildman–Crippen LogP) is 4.31. The molecule has 2 aromatic rings. The maximum atomic E-state index is 5.68. The molecule has 0 radical (unpaired) electrons. The Hall–Kier alpha value is -1.48. The van der Waals surface area contributed by atoms with Gasteiger partial charge in [0.25, 0.3) is 0 Å². The van der Waals surface area contributed by atoms with Crippen molar-refractivity contribution in [3.8, 4) is 16.9 Å². The van der Waals surface area contributed by atoms with E-state index in [-0.39, 0.29) is 0 Å². The first-order chi connectivity index (χ1) is 8.74. The fourth-order valence-corrected chi connectivity index (χ4v) is 2.67. The first kappa shape index (κ1) is 11.6. The topological polar surface area (TPSA) is 21.3 Å². The first-order valence-corrected chi connectivity index (χ1v) is 6.81.